The Hall–Kier alpha value is -1.88. The summed E-state index contributed by atoms with van der Waals surface area (Å²) >= 11 is 1.58. The van der Waals surface area contributed by atoms with Crippen molar-refractivity contribution in [1.82, 2.24) is 4.98 Å². The Morgan fingerprint density at radius 1 is 1.44 bits per heavy atom. The van der Waals surface area contributed by atoms with E-state index < -0.39 is 0 Å². The molecule has 1 aromatic heterocycles. The standard InChI is InChI=1S/C13H14N2O2S/c1-9(12-14-7-8-18-12)15-11-6-4-3-5-10(11)13(16)17-2/h3-9,15H,1-2H3. The van der Waals surface area contributed by atoms with Crippen LogP contribution in [0.3, 0.4) is 0 Å². The monoisotopic (exact) mass is 262 g/mol. The van der Waals surface area contributed by atoms with Crippen molar-refractivity contribution < 1.29 is 9.53 Å². The molecule has 0 saturated carbocycles. The molecule has 18 heavy (non-hydrogen) atoms. The number of carbonyl (C=O) groups is 1. The number of benzene rings is 1. The van der Waals surface area contributed by atoms with Crippen LogP contribution in [-0.4, -0.2) is 18.1 Å². The van der Waals surface area contributed by atoms with Gasteiger partial charge in [-0.15, -0.1) is 11.3 Å². The lowest BCUT2D eigenvalue weighted by molar-refractivity contribution is 0.0602. The molecule has 94 valence electrons. The molecule has 1 aromatic carbocycles. The summed E-state index contributed by atoms with van der Waals surface area (Å²) in [5, 5.41) is 6.19. The second-order valence-corrected chi connectivity index (χ2v) is 4.70. The summed E-state index contributed by atoms with van der Waals surface area (Å²) < 4.78 is 4.76. The number of hydrogen-bond donors (Lipinski definition) is 1. The van der Waals surface area contributed by atoms with Gasteiger partial charge in [-0.25, -0.2) is 9.78 Å². The molecular weight excluding hydrogens is 248 g/mol. The number of para-hydroxylation sites is 1. The molecule has 0 aliphatic rings. The van der Waals surface area contributed by atoms with E-state index in [1.165, 1.54) is 7.11 Å². The number of hydrogen-bond acceptors (Lipinski definition) is 5. The fraction of sp³-hybridized carbons (Fsp3) is 0.231. The van der Waals surface area contributed by atoms with Crippen LogP contribution in [0.1, 0.15) is 28.3 Å². The molecule has 0 bridgehead atoms. The predicted molar refractivity (Wildman–Crippen MR) is 71.9 cm³/mol. The van der Waals surface area contributed by atoms with Gasteiger partial charge >= 0.3 is 5.97 Å². The van der Waals surface area contributed by atoms with Crippen LogP contribution in [0, 0.1) is 0 Å². The third-order valence-electron chi connectivity index (χ3n) is 2.53. The molecule has 2 rings (SSSR count). The molecule has 0 radical (unpaired) electrons. The molecule has 1 atom stereocenters. The zero-order valence-electron chi connectivity index (χ0n) is 10.2. The molecule has 1 unspecified atom stereocenters. The van der Waals surface area contributed by atoms with Crippen LogP contribution in [-0.2, 0) is 4.74 Å². The highest BCUT2D eigenvalue weighted by molar-refractivity contribution is 7.09. The fourth-order valence-electron chi connectivity index (χ4n) is 1.64. The summed E-state index contributed by atoms with van der Waals surface area (Å²) in [6.45, 7) is 2.01. The number of esters is 1. The number of anilines is 1. The zero-order valence-corrected chi connectivity index (χ0v) is 11.0. The van der Waals surface area contributed by atoms with Crippen LogP contribution < -0.4 is 5.32 Å². The largest absolute Gasteiger partial charge is 0.465 e. The van der Waals surface area contributed by atoms with E-state index in [9.17, 15) is 4.79 Å². The van der Waals surface area contributed by atoms with Gasteiger partial charge in [-0.3, -0.25) is 0 Å². The average molecular weight is 262 g/mol. The van der Waals surface area contributed by atoms with Gasteiger partial charge in [0.25, 0.3) is 0 Å². The maximum Gasteiger partial charge on any atom is 0.339 e. The number of methoxy groups -OCH3 is 1. The molecule has 4 nitrogen and oxygen atoms in total. The molecule has 2 aromatic rings. The van der Waals surface area contributed by atoms with E-state index in [2.05, 4.69) is 10.3 Å². The summed E-state index contributed by atoms with van der Waals surface area (Å²) in [5.41, 5.74) is 1.29. The summed E-state index contributed by atoms with van der Waals surface area (Å²) in [4.78, 5) is 15.9. The minimum absolute atomic E-state index is 0.0517. The van der Waals surface area contributed by atoms with Gasteiger partial charge in [0.15, 0.2) is 0 Å². The number of nitrogens with zero attached hydrogens (tertiary/aromatic N) is 1. The van der Waals surface area contributed by atoms with Gasteiger partial charge in [0, 0.05) is 17.3 Å². The summed E-state index contributed by atoms with van der Waals surface area (Å²) in [6.07, 6.45) is 1.77. The number of nitrogens with one attached hydrogen (secondary N) is 1. The SMILES string of the molecule is COC(=O)c1ccccc1NC(C)c1nccs1. The smallest absolute Gasteiger partial charge is 0.339 e. The van der Waals surface area contributed by atoms with Gasteiger partial charge in [0.1, 0.15) is 5.01 Å². The topological polar surface area (TPSA) is 51.2 Å². The van der Waals surface area contributed by atoms with Crippen LogP contribution >= 0.6 is 11.3 Å². The van der Waals surface area contributed by atoms with Crippen molar-refractivity contribution in [3.8, 4) is 0 Å². The van der Waals surface area contributed by atoms with Crippen molar-refractivity contribution >= 4 is 23.0 Å². The molecular formula is C13H14N2O2S. The van der Waals surface area contributed by atoms with Crippen molar-refractivity contribution in [2.24, 2.45) is 0 Å². The number of ether oxygens (including phenoxy) is 1. The average Bonchev–Trinajstić information content (AvgIpc) is 2.92. The molecule has 1 N–H and O–H groups in total. The van der Waals surface area contributed by atoms with Crippen LogP contribution in [0.25, 0.3) is 0 Å². The number of aromatic nitrogens is 1. The van der Waals surface area contributed by atoms with Crippen LogP contribution in [0.5, 0.6) is 0 Å². The molecule has 0 fully saturated rings. The summed E-state index contributed by atoms with van der Waals surface area (Å²) in [7, 11) is 1.38. The molecule has 0 spiro atoms. The third kappa shape index (κ3) is 2.68. The first-order valence-corrected chi connectivity index (χ1v) is 6.43. The quantitative estimate of drug-likeness (QED) is 0.860. The summed E-state index contributed by atoms with van der Waals surface area (Å²) in [6, 6.07) is 7.34. The van der Waals surface area contributed by atoms with Gasteiger partial charge in [-0.05, 0) is 19.1 Å². The first kappa shape index (κ1) is 12.6. The summed E-state index contributed by atoms with van der Waals surface area (Å²) in [5.74, 6) is -0.343. The Morgan fingerprint density at radius 2 is 2.22 bits per heavy atom. The van der Waals surface area contributed by atoms with E-state index in [1.807, 2.05) is 30.5 Å². The minimum Gasteiger partial charge on any atom is -0.465 e. The molecule has 0 aliphatic carbocycles. The number of rotatable bonds is 4. The fourth-order valence-corrected chi connectivity index (χ4v) is 2.29. The lowest BCUT2D eigenvalue weighted by Crippen LogP contribution is -2.11. The Balaban J connectivity index is 2.21. The van der Waals surface area contributed by atoms with E-state index in [0.29, 0.717) is 5.56 Å². The first-order valence-electron chi connectivity index (χ1n) is 5.55. The first-order chi connectivity index (χ1) is 8.72. The Labute approximate surface area is 110 Å². The Morgan fingerprint density at radius 3 is 2.89 bits per heavy atom. The predicted octanol–water partition coefficient (Wildman–Crippen LogP) is 3.10. The van der Waals surface area contributed by atoms with E-state index in [0.717, 1.165) is 10.7 Å². The third-order valence-corrected chi connectivity index (χ3v) is 3.48. The van der Waals surface area contributed by atoms with Gasteiger partial charge in [-0.1, -0.05) is 12.1 Å². The van der Waals surface area contributed by atoms with Crippen LogP contribution in [0.4, 0.5) is 5.69 Å². The van der Waals surface area contributed by atoms with Crippen LogP contribution in [0.2, 0.25) is 0 Å². The lowest BCUT2D eigenvalue weighted by atomic mass is 10.1. The van der Waals surface area contributed by atoms with E-state index >= 15 is 0 Å². The highest BCUT2D eigenvalue weighted by Crippen LogP contribution is 2.23. The highest BCUT2D eigenvalue weighted by atomic mass is 32.1. The maximum absolute atomic E-state index is 11.6. The normalized spacial score (nSPS) is 11.9. The van der Waals surface area contributed by atoms with Gasteiger partial charge in [0.2, 0.25) is 0 Å². The molecule has 5 heteroatoms. The van der Waals surface area contributed by atoms with Gasteiger partial charge in [0.05, 0.1) is 18.7 Å². The van der Waals surface area contributed by atoms with Crippen molar-refractivity contribution in [2.75, 3.05) is 12.4 Å². The second kappa shape index (κ2) is 5.64. The number of carbonyl (C=O) groups excluding carboxylic acids is 1. The van der Waals surface area contributed by atoms with Crippen molar-refractivity contribution in [1.29, 1.82) is 0 Å². The van der Waals surface area contributed by atoms with E-state index in [4.69, 9.17) is 4.74 Å². The van der Waals surface area contributed by atoms with E-state index in [-0.39, 0.29) is 12.0 Å². The second-order valence-electron chi connectivity index (χ2n) is 3.77. The molecule has 0 amide bonds. The molecule has 0 aliphatic heterocycles. The van der Waals surface area contributed by atoms with E-state index in [1.54, 1.807) is 23.6 Å². The lowest BCUT2D eigenvalue weighted by Gasteiger charge is -2.15. The molecule has 1 heterocycles. The molecule has 0 saturated heterocycles. The van der Waals surface area contributed by atoms with Gasteiger partial charge in [-0.2, -0.15) is 0 Å². The van der Waals surface area contributed by atoms with Gasteiger partial charge < -0.3 is 10.1 Å². The van der Waals surface area contributed by atoms with Crippen molar-refractivity contribution in [3.63, 3.8) is 0 Å². The Kier molecular flexibility index (Phi) is 3.94. The maximum atomic E-state index is 11.6. The minimum atomic E-state index is -0.343. The van der Waals surface area contributed by atoms with Crippen molar-refractivity contribution in [2.45, 2.75) is 13.0 Å². The highest BCUT2D eigenvalue weighted by Gasteiger charge is 2.14. The van der Waals surface area contributed by atoms with Crippen molar-refractivity contribution in [3.05, 3.63) is 46.4 Å². The Bertz CT molecular complexity index is 526. The zero-order chi connectivity index (χ0) is 13.0. The number of thiazole rings is 1. The van der Waals surface area contributed by atoms with Crippen LogP contribution in [0.15, 0.2) is 35.8 Å².